The summed E-state index contributed by atoms with van der Waals surface area (Å²) in [4.78, 5) is 12.1. The van der Waals surface area contributed by atoms with Crippen LogP contribution in [0.3, 0.4) is 0 Å². The van der Waals surface area contributed by atoms with Gasteiger partial charge in [0.25, 0.3) is 0 Å². The third-order valence-electron chi connectivity index (χ3n) is 3.02. The van der Waals surface area contributed by atoms with E-state index in [1.807, 2.05) is 32.9 Å². The maximum absolute atomic E-state index is 12.1. The molecule has 0 bridgehead atoms. The highest BCUT2D eigenvalue weighted by atomic mass is 16.6. The van der Waals surface area contributed by atoms with E-state index in [1.165, 1.54) is 11.1 Å². The molecule has 1 aliphatic rings. The third kappa shape index (κ3) is 3.33. The van der Waals surface area contributed by atoms with Gasteiger partial charge in [-0.3, -0.25) is 4.79 Å². The molecule has 98 valence electrons. The predicted molar refractivity (Wildman–Crippen MR) is 71.5 cm³/mol. The number of fused-ring (bicyclic) bond motifs is 1. The highest BCUT2D eigenvalue weighted by molar-refractivity contribution is 5.76. The molecule has 0 spiro atoms. The summed E-state index contributed by atoms with van der Waals surface area (Å²) in [6.45, 7) is 6.52. The zero-order valence-electron chi connectivity index (χ0n) is 11.3. The third-order valence-corrected chi connectivity index (χ3v) is 3.02. The van der Waals surface area contributed by atoms with Gasteiger partial charge in [-0.1, -0.05) is 24.3 Å². The monoisotopic (exact) mass is 247 g/mol. The van der Waals surface area contributed by atoms with E-state index in [4.69, 9.17) is 4.74 Å². The highest BCUT2D eigenvalue weighted by Crippen LogP contribution is 2.17. The normalized spacial score (nSPS) is 19.8. The molecule has 0 aromatic heterocycles. The minimum atomic E-state index is -0.426. The van der Waals surface area contributed by atoms with Gasteiger partial charge >= 0.3 is 5.97 Å². The molecule has 2 rings (SSSR count). The summed E-state index contributed by atoms with van der Waals surface area (Å²) in [6, 6.07) is 8.07. The molecule has 0 saturated heterocycles. The number of nitrogens with one attached hydrogen (secondary N) is 1. The van der Waals surface area contributed by atoms with Gasteiger partial charge in [0.05, 0.1) is 0 Å². The molecule has 3 nitrogen and oxygen atoms in total. The van der Waals surface area contributed by atoms with Crippen LogP contribution in [-0.4, -0.2) is 24.2 Å². The van der Waals surface area contributed by atoms with Crippen molar-refractivity contribution in [2.45, 2.75) is 45.3 Å². The van der Waals surface area contributed by atoms with Crippen molar-refractivity contribution in [1.82, 2.24) is 5.32 Å². The molecule has 0 saturated carbocycles. The van der Waals surface area contributed by atoms with E-state index >= 15 is 0 Å². The lowest BCUT2D eigenvalue weighted by Gasteiger charge is -2.23. The number of hydrogen-bond donors (Lipinski definition) is 1. The zero-order chi connectivity index (χ0) is 13.2. The van der Waals surface area contributed by atoms with E-state index in [-0.39, 0.29) is 12.0 Å². The second-order valence-corrected chi connectivity index (χ2v) is 5.76. The van der Waals surface area contributed by atoms with Crippen LogP contribution in [0.15, 0.2) is 24.3 Å². The lowest BCUT2D eigenvalue weighted by molar-refractivity contribution is -0.157. The fraction of sp³-hybridized carbons (Fsp3) is 0.533. The smallest absolute Gasteiger partial charge is 0.323 e. The first-order valence-electron chi connectivity index (χ1n) is 6.49. The summed E-state index contributed by atoms with van der Waals surface area (Å²) in [5.74, 6) is -0.154. The van der Waals surface area contributed by atoms with E-state index in [0.29, 0.717) is 6.42 Å². The standard InChI is InChI=1S/C15H21NO2/c1-15(2,3)18-14(17)13-10-12-7-5-4-6-11(12)8-9-16-13/h4-7,13,16H,8-10H2,1-3H3. The van der Waals surface area contributed by atoms with Crippen molar-refractivity contribution in [1.29, 1.82) is 0 Å². The van der Waals surface area contributed by atoms with Gasteiger partial charge in [-0.15, -0.1) is 0 Å². The van der Waals surface area contributed by atoms with Crippen LogP contribution in [0, 0.1) is 0 Å². The SMILES string of the molecule is CC(C)(C)OC(=O)C1Cc2ccccc2CCN1. The average Bonchev–Trinajstić information content (AvgIpc) is 2.48. The minimum absolute atomic E-state index is 0.154. The fourth-order valence-corrected chi connectivity index (χ4v) is 2.21. The van der Waals surface area contributed by atoms with Gasteiger partial charge in [0.2, 0.25) is 0 Å². The van der Waals surface area contributed by atoms with E-state index < -0.39 is 5.60 Å². The van der Waals surface area contributed by atoms with Crippen molar-refractivity contribution < 1.29 is 9.53 Å². The number of carbonyl (C=O) groups is 1. The lowest BCUT2D eigenvalue weighted by Crippen LogP contribution is -2.42. The van der Waals surface area contributed by atoms with Crippen LogP contribution in [0.4, 0.5) is 0 Å². The van der Waals surface area contributed by atoms with Crippen LogP contribution >= 0.6 is 0 Å². The summed E-state index contributed by atoms with van der Waals surface area (Å²) in [7, 11) is 0. The Morgan fingerprint density at radius 3 is 2.61 bits per heavy atom. The van der Waals surface area contributed by atoms with E-state index in [0.717, 1.165) is 13.0 Å². The molecule has 1 aromatic carbocycles. The van der Waals surface area contributed by atoms with E-state index in [2.05, 4.69) is 17.4 Å². The van der Waals surface area contributed by atoms with Crippen molar-refractivity contribution in [2.75, 3.05) is 6.54 Å². The van der Waals surface area contributed by atoms with Crippen molar-refractivity contribution in [3.05, 3.63) is 35.4 Å². The number of rotatable bonds is 1. The average molecular weight is 247 g/mol. The van der Waals surface area contributed by atoms with Gasteiger partial charge in [0, 0.05) is 0 Å². The van der Waals surface area contributed by atoms with Crippen LogP contribution in [0.2, 0.25) is 0 Å². The Hall–Kier alpha value is -1.35. The van der Waals surface area contributed by atoms with Gasteiger partial charge in [0.15, 0.2) is 0 Å². The molecule has 18 heavy (non-hydrogen) atoms. The minimum Gasteiger partial charge on any atom is -0.459 e. The summed E-state index contributed by atoms with van der Waals surface area (Å²) in [6.07, 6.45) is 1.68. The Morgan fingerprint density at radius 2 is 1.94 bits per heavy atom. The zero-order valence-corrected chi connectivity index (χ0v) is 11.3. The van der Waals surface area contributed by atoms with Gasteiger partial charge < -0.3 is 10.1 Å². The first kappa shape index (κ1) is 13.1. The molecule has 1 aliphatic heterocycles. The van der Waals surface area contributed by atoms with E-state index in [9.17, 15) is 4.79 Å². The van der Waals surface area contributed by atoms with Crippen molar-refractivity contribution in [2.24, 2.45) is 0 Å². The molecule has 1 unspecified atom stereocenters. The number of ether oxygens (including phenoxy) is 1. The quantitative estimate of drug-likeness (QED) is 0.772. The lowest BCUT2D eigenvalue weighted by atomic mass is 10.0. The fourth-order valence-electron chi connectivity index (χ4n) is 2.21. The molecule has 0 fully saturated rings. The molecule has 0 aliphatic carbocycles. The molecular weight excluding hydrogens is 226 g/mol. The highest BCUT2D eigenvalue weighted by Gasteiger charge is 2.27. The maximum Gasteiger partial charge on any atom is 0.323 e. The summed E-state index contributed by atoms with van der Waals surface area (Å²) in [5.41, 5.74) is 2.15. The molecule has 1 atom stereocenters. The Balaban J connectivity index is 2.10. The first-order valence-corrected chi connectivity index (χ1v) is 6.49. The van der Waals surface area contributed by atoms with Crippen molar-refractivity contribution in [3.63, 3.8) is 0 Å². The van der Waals surface area contributed by atoms with Crippen molar-refractivity contribution >= 4 is 5.97 Å². The van der Waals surface area contributed by atoms with Crippen LogP contribution < -0.4 is 5.32 Å². The van der Waals surface area contributed by atoms with Gasteiger partial charge in [-0.25, -0.2) is 0 Å². The van der Waals surface area contributed by atoms with Gasteiger partial charge in [-0.05, 0) is 51.3 Å². The molecule has 0 radical (unpaired) electrons. The molecule has 3 heteroatoms. The Bertz CT molecular complexity index is 434. The number of carbonyl (C=O) groups excluding carboxylic acids is 1. The summed E-state index contributed by atoms with van der Waals surface area (Å²) < 4.78 is 5.45. The Morgan fingerprint density at radius 1 is 1.28 bits per heavy atom. The number of hydrogen-bond acceptors (Lipinski definition) is 3. The number of esters is 1. The van der Waals surface area contributed by atoms with Crippen LogP contribution in [-0.2, 0) is 22.4 Å². The largest absolute Gasteiger partial charge is 0.459 e. The summed E-state index contributed by atoms with van der Waals surface area (Å²) >= 11 is 0. The van der Waals surface area contributed by atoms with Crippen LogP contribution in [0.5, 0.6) is 0 Å². The first-order chi connectivity index (χ1) is 8.46. The molecule has 0 amide bonds. The second-order valence-electron chi connectivity index (χ2n) is 5.76. The molecular formula is C15H21NO2. The Labute approximate surface area is 109 Å². The van der Waals surface area contributed by atoms with Crippen molar-refractivity contribution in [3.8, 4) is 0 Å². The van der Waals surface area contributed by atoms with Gasteiger partial charge in [0.1, 0.15) is 11.6 Å². The predicted octanol–water partition coefficient (Wildman–Crippen LogP) is 2.09. The van der Waals surface area contributed by atoms with Gasteiger partial charge in [-0.2, -0.15) is 0 Å². The van der Waals surface area contributed by atoms with Crippen LogP contribution in [0.25, 0.3) is 0 Å². The molecule has 1 N–H and O–H groups in total. The number of benzene rings is 1. The molecule has 1 aromatic rings. The summed E-state index contributed by atoms with van der Waals surface area (Å²) in [5, 5.41) is 3.28. The maximum atomic E-state index is 12.1. The Kier molecular flexibility index (Phi) is 3.71. The molecule has 1 heterocycles. The van der Waals surface area contributed by atoms with E-state index in [1.54, 1.807) is 0 Å². The second kappa shape index (κ2) is 5.11. The van der Waals surface area contributed by atoms with Crippen LogP contribution in [0.1, 0.15) is 31.9 Å². The topological polar surface area (TPSA) is 38.3 Å².